The summed E-state index contributed by atoms with van der Waals surface area (Å²) in [6.07, 6.45) is 1.75. The molecule has 2 rings (SSSR count). The Bertz CT molecular complexity index is 907. The number of amides is 1. The maximum absolute atomic E-state index is 12.9. The lowest BCUT2D eigenvalue weighted by atomic mass is 10.0. The first-order valence-electron chi connectivity index (χ1n) is 9.90. The molecule has 0 saturated heterocycles. The van der Waals surface area contributed by atoms with Gasteiger partial charge in [-0.05, 0) is 30.9 Å². The van der Waals surface area contributed by atoms with Gasteiger partial charge >= 0.3 is 13.6 Å². The first-order chi connectivity index (χ1) is 14.1. The van der Waals surface area contributed by atoms with Gasteiger partial charge in [-0.25, -0.2) is 4.79 Å². The average molecular weight is 439 g/mol. The molecule has 0 aliphatic rings. The second-order valence-electron chi connectivity index (χ2n) is 7.59. The molecule has 2 aromatic rings. The number of aromatic nitrogens is 1. The number of aromatic amines is 1. The maximum atomic E-state index is 12.9. The highest BCUT2D eigenvalue weighted by molar-refractivity contribution is 7.51. The summed E-state index contributed by atoms with van der Waals surface area (Å²) in [5.74, 6) is -0.968. The van der Waals surface area contributed by atoms with E-state index < -0.39 is 37.8 Å². The van der Waals surface area contributed by atoms with Gasteiger partial charge in [0.15, 0.2) is 0 Å². The summed E-state index contributed by atoms with van der Waals surface area (Å²) in [5.41, 5.74) is 1.77. The quantitative estimate of drug-likeness (QED) is 0.266. The molecule has 10 heteroatoms. The number of benzene rings is 1. The Morgan fingerprint density at radius 2 is 1.90 bits per heavy atom. The van der Waals surface area contributed by atoms with Crippen molar-refractivity contribution in [2.45, 2.75) is 45.7 Å². The molecule has 0 spiro atoms. The Morgan fingerprint density at radius 1 is 1.20 bits per heavy atom. The molecule has 166 valence electrons. The zero-order valence-electron chi connectivity index (χ0n) is 17.4. The number of hydrogen-bond acceptors (Lipinski definition) is 5. The van der Waals surface area contributed by atoms with E-state index in [4.69, 9.17) is 14.5 Å². The average Bonchev–Trinajstić information content (AvgIpc) is 3.06. The minimum Gasteiger partial charge on any atom is -0.464 e. The molecule has 5 N–H and O–H groups in total. The highest BCUT2D eigenvalue weighted by Gasteiger charge is 2.29. The van der Waals surface area contributed by atoms with Crippen molar-refractivity contribution in [2.75, 3.05) is 12.9 Å². The van der Waals surface area contributed by atoms with Crippen LogP contribution in [0.2, 0.25) is 0 Å². The second kappa shape index (κ2) is 10.7. The van der Waals surface area contributed by atoms with E-state index in [2.05, 4.69) is 15.6 Å². The van der Waals surface area contributed by atoms with Crippen molar-refractivity contribution in [2.24, 2.45) is 5.92 Å². The normalized spacial score (nSPS) is 13.9. The topological polar surface area (TPSA) is 141 Å². The minimum absolute atomic E-state index is 0.0969. The number of rotatable bonds is 11. The lowest BCUT2D eigenvalue weighted by molar-refractivity contribution is -0.147. The van der Waals surface area contributed by atoms with Gasteiger partial charge in [-0.2, -0.15) is 0 Å². The fourth-order valence-corrected chi connectivity index (χ4v) is 3.67. The van der Waals surface area contributed by atoms with Gasteiger partial charge in [0.05, 0.1) is 18.9 Å². The van der Waals surface area contributed by atoms with Crippen molar-refractivity contribution >= 4 is 30.4 Å². The number of para-hydroxylation sites is 1. The zero-order chi connectivity index (χ0) is 22.3. The predicted octanol–water partition coefficient (Wildman–Crippen LogP) is 1.90. The zero-order valence-corrected chi connectivity index (χ0v) is 18.3. The molecule has 9 nitrogen and oxygen atoms in total. The van der Waals surface area contributed by atoms with Gasteiger partial charge in [-0.15, -0.1) is 0 Å². The van der Waals surface area contributed by atoms with Crippen LogP contribution in [0.1, 0.15) is 32.8 Å². The molecule has 1 aromatic heterocycles. The van der Waals surface area contributed by atoms with Gasteiger partial charge in [0.1, 0.15) is 6.04 Å². The number of nitrogens with one attached hydrogen (secondary N) is 3. The van der Waals surface area contributed by atoms with Gasteiger partial charge in [0.25, 0.3) is 0 Å². The summed E-state index contributed by atoms with van der Waals surface area (Å²) in [7, 11) is -4.33. The summed E-state index contributed by atoms with van der Waals surface area (Å²) in [6.45, 7) is 5.65. The maximum Gasteiger partial charge on any atom is 0.339 e. The fraction of sp³-hybridized carbons (Fsp3) is 0.500. The van der Waals surface area contributed by atoms with E-state index in [0.29, 0.717) is 6.42 Å². The van der Waals surface area contributed by atoms with Gasteiger partial charge in [-0.1, -0.05) is 32.0 Å². The number of H-pyrrole nitrogens is 1. The summed E-state index contributed by atoms with van der Waals surface area (Å²) in [6, 6.07) is 5.86. The third-order valence-corrected chi connectivity index (χ3v) is 5.15. The van der Waals surface area contributed by atoms with Crippen LogP contribution in [0.15, 0.2) is 30.5 Å². The van der Waals surface area contributed by atoms with Gasteiger partial charge in [0, 0.05) is 23.5 Å². The first-order valence-corrected chi connectivity index (χ1v) is 11.7. The van der Waals surface area contributed by atoms with E-state index in [1.54, 1.807) is 13.1 Å². The number of ether oxygens (including phenoxy) is 1. The molecule has 0 unspecified atom stereocenters. The largest absolute Gasteiger partial charge is 0.464 e. The van der Waals surface area contributed by atoms with Crippen LogP contribution >= 0.6 is 7.60 Å². The van der Waals surface area contributed by atoms with Crippen LogP contribution < -0.4 is 10.6 Å². The molecule has 0 bridgehead atoms. The van der Waals surface area contributed by atoms with Crippen LogP contribution in [0.4, 0.5) is 0 Å². The summed E-state index contributed by atoms with van der Waals surface area (Å²) >= 11 is 0. The SMILES string of the molecule is CCOC(=O)[C@H](Cc1c[nH]c2ccccc12)NC(=O)[C@H](CC(C)C)NCP(=O)(O)O. The summed E-state index contributed by atoms with van der Waals surface area (Å²) in [4.78, 5) is 46.8. The Balaban J connectivity index is 2.19. The number of fused-ring (bicyclic) bond motifs is 1. The van der Waals surface area contributed by atoms with E-state index in [1.165, 1.54) is 0 Å². The Kier molecular flexibility index (Phi) is 8.61. The Morgan fingerprint density at radius 3 is 2.53 bits per heavy atom. The van der Waals surface area contributed by atoms with E-state index in [1.807, 2.05) is 38.1 Å². The molecule has 0 aliphatic carbocycles. The van der Waals surface area contributed by atoms with Crippen molar-refractivity contribution in [1.29, 1.82) is 0 Å². The first kappa shape index (κ1) is 24.1. The number of hydrogen-bond donors (Lipinski definition) is 5. The fourth-order valence-electron chi connectivity index (χ4n) is 3.21. The van der Waals surface area contributed by atoms with Crippen LogP contribution in [0.5, 0.6) is 0 Å². The van der Waals surface area contributed by atoms with Crippen molar-refractivity contribution in [1.82, 2.24) is 15.6 Å². The molecule has 2 atom stereocenters. The lowest BCUT2D eigenvalue weighted by Gasteiger charge is -2.24. The molecular formula is C20H30N3O6P. The van der Waals surface area contributed by atoms with Crippen LogP contribution in [-0.4, -0.2) is 51.6 Å². The van der Waals surface area contributed by atoms with Gasteiger partial charge in [-0.3, -0.25) is 14.7 Å². The van der Waals surface area contributed by atoms with Crippen LogP contribution in [0.25, 0.3) is 10.9 Å². The molecule has 0 fully saturated rings. The Hall–Kier alpha value is -2.19. The molecule has 0 radical (unpaired) electrons. The molecule has 1 heterocycles. The third-order valence-electron chi connectivity index (χ3n) is 4.55. The van der Waals surface area contributed by atoms with Gasteiger partial charge in [0.2, 0.25) is 5.91 Å². The highest BCUT2D eigenvalue weighted by atomic mass is 31.2. The molecular weight excluding hydrogens is 409 g/mol. The number of esters is 1. The van der Waals surface area contributed by atoms with Crippen LogP contribution in [-0.2, 0) is 25.3 Å². The summed E-state index contributed by atoms with van der Waals surface area (Å²) in [5, 5.41) is 6.27. The smallest absolute Gasteiger partial charge is 0.339 e. The Labute approximate surface area is 175 Å². The minimum atomic E-state index is -4.33. The van der Waals surface area contributed by atoms with Crippen molar-refractivity contribution in [3.63, 3.8) is 0 Å². The second-order valence-corrected chi connectivity index (χ2v) is 9.23. The molecule has 0 saturated carbocycles. The van der Waals surface area contributed by atoms with Crippen LogP contribution in [0, 0.1) is 5.92 Å². The lowest BCUT2D eigenvalue weighted by Crippen LogP contribution is -2.51. The van der Waals surface area contributed by atoms with Crippen LogP contribution in [0.3, 0.4) is 0 Å². The van der Waals surface area contributed by atoms with E-state index >= 15 is 0 Å². The van der Waals surface area contributed by atoms with E-state index in [9.17, 15) is 14.2 Å². The molecule has 0 aliphatic heterocycles. The van der Waals surface area contributed by atoms with Gasteiger partial charge < -0.3 is 24.8 Å². The number of carbonyl (C=O) groups is 2. The van der Waals surface area contributed by atoms with E-state index in [0.717, 1.165) is 16.5 Å². The molecule has 1 aromatic carbocycles. The van der Waals surface area contributed by atoms with Crippen molar-refractivity contribution in [3.8, 4) is 0 Å². The van der Waals surface area contributed by atoms with Crippen molar-refractivity contribution in [3.05, 3.63) is 36.0 Å². The third kappa shape index (κ3) is 7.25. The highest BCUT2D eigenvalue weighted by Crippen LogP contribution is 2.32. The monoisotopic (exact) mass is 439 g/mol. The molecule has 30 heavy (non-hydrogen) atoms. The van der Waals surface area contributed by atoms with E-state index in [-0.39, 0.29) is 18.9 Å². The summed E-state index contributed by atoms with van der Waals surface area (Å²) < 4.78 is 16.4. The number of carbonyl (C=O) groups excluding carboxylic acids is 2. The standard InChI is InChI=1S/C20H30N3O6P/c1-4-29-20(25)18(10-14-11-21-16-8-6-5-7-15(14)16)23-19(24)17(9-13(2)3)22-12-30(26,27)28/h5-8,11,13,17-18,21-22H,4,9-10,12H2,1-3H3,(H,23,24)(H2,26,27,28)/t17-,18-/m0/s1. The molecule has 1 amide bonds. The predicted molar refractivity (Wildman–Crippen MR) is 114 cm³/mol. The van der Waals surface area contributed by atoms with Crippen molar-refractivity contribution < 1.29 is 28.7 Å².